The van der Waals surface area contributed by atoms with Crippen LogP contribution in [0.25, 0.3) is 0 Å². The zero-order chi connectivity index (χ0) is 42.2. The van der Waals surface area contributed by atoms with E-state index in [0.717, 1.165) is 26.1 Å². The molecule has 0 amide bonds. The first-order chi connectivity index (χ1) is 27.7. The third-order valence-electron chi connectivity index (χ3n) is 13.0. The fourth-order valence-corrected chi connectivity index (χ4v) is 24.0. The van der Waals surface area contributed by atoms with Crippen molar-refractivity contribution in [1.82, 2.24) is 0 Å². The molecule has 4 nitrogen and oxygen atoms in total. The van der Waals surface area contributed by atoms with Crippen LogP contribution < -0.4 is 20.7 Å². The minimum atomic E-state index is -2.66. The van der Waals surface area contributed by atoms with E-state index >= 15 is 0 Å². The van der Waals surface area contributed by atoms with E-state index in [1.807, 2.05) is 23.5 Å². The second-order valence-corrected chi connectivity index (χ2v) is 31.6. The van der Waals surface area contributed by atoms with Crippen LogP contribution >= 0.6 is 47.0 Å². The highest BCUT2D eigenvalue weighted by atomic mass is 32.2. The lowest BCUT2D eigenvalue weighted by atomic mass is 9.73. The topological polar surface area (TPSA) is 58.9 Å². The first-order valence-corrected chi connectivity index (χ1v) is 29.3. The van der Waals surface area contributed by atoms with Crippen LogP contribution in [0.3, 0.4) is 0 Å². The molecule has 58 heavy (non-hydrogen) atoms. The average molecular weight is 894 g/mol. The molecule has 0 radical (unpaired) electrons. The van der Waals surface area contributed by atoms with E-state index in [1.54, 1.807) is 23.5 Å². The summed E-state index contributed by atoms with van der Waals surface area (Å²) in [5.74, 6) is 1.37. The average Bonchev–Trinajstić information content (AvgIpc) is 3.22. The summed E-state index contributed by atoms with van der Waals surface area (Å²) < 4.78 is 15.4. The van der Waals surface area contributed by atoms with Gasteiger partial charge in [-0.2, -0.15) is 0 Å². The predicted octanol–water partition coefficient (Wildman–Crippen LogP) is 9.23. The molecule has 2 aliphatic carbocycles. The minimum absolute atomic E-state index is 0.0452. The van der Waals surface area contributed by atoms with Crippen LogP contribution in [0, 0.1) is 23.7 Å². The lowest BCUT2D eigenvalue weighted by Crippen LogP contribution is -2.69. The molecule has 2 fully saturated rings. The van der Waals surface area contributed by atoms with Crippen LogP contribution in [0.4, 0.5) is 0 Å². The van der Waals surface area contributed by atoms with Crippen molar-refractivity contribution in [2.75, 3.05) is 51.5 Å². The standard InChI is InChI=1S/C40H52O2S2Si2.C8H16O2S2/c1-38(2,3)45(33-21-13-9-14-22-33,34-23-15-10-16-24-34)41-30-32-29-40(43-7,44-8)37(32)31-42-46(39(4,5)6,35-25-17-11-18-26-35)36-27-19-12-20-28-36;1-11-8(12-2)3-6(4-9)7(8)5-10/h9-28,32,37H,29-31H2,1-8H3;6-7,9-10H,3-5H2,1-2H3/t32-,37-;6-,7-/m11/s1. The molecule has 2 aliphatic rings. The predicted molar refractivity (Wildman–Crippen MR) is 264 cm³/mol. The number of thioether (sulfide) groups is 4. The summed E-state index contributed by atoms with van der Waals surface area (Å²) in [6.07, 6.45) is 10.9. The molecule has 0 heterocycles. The van der Waals surface area contributed by atoms with Crippen LogP contribution in [0.5, 0.6) is 0 Å². The van der Waals surface area contributed by atoms with Crippen LogP contribution in [-0.2, 0) is 8.85 Å². The Hall–Kier alpha value is -1.45. The van der Waals surface area contributed by atoms with Gasteiger partial charge in [-0.25, -0.2) is 0 Å². The maximum Gasteiger partial charge on any atom is 0.261 e. The van der Waals surface area contributed by atoms with Gasteiger partial charge in [0.2, 0.25) is 0 Å². The van der Waals surface area contributed by atoms with Crippen molar-refractivity contribution in [2.45, 2.75) is 72.6 Å². The number of benzene rings is 4. The van der Waals surface area contributed by atoms with Crippen molar-refractivity contribution in [3.05, 3.63) is 121 Å². The number of aliphatic hydroxyl groups excluding tert-OH is 2. The Kier molecular flexibility index (Phi) is 16.5. The van der Waals surface area contributed by atoms with Gasteiger partial charge >= 0.3 is 0 Å². The van der Waals surface area contributed by atoms with E-state index in [-0.39, 0.29) is 37.4 Å². The normalized spacial score (nSPS) is 21.6. The molecule has 0 bridgehead atoms. The Labute approximate surface area is 370 Å². The van der Waals surface area contributed by atoms with Gasteiger partial charge in [-0.15, -0.1) is 47.0 Å². The molecule has 2 saturated carbocycles. The van der Waals surface area contributed by atoms with Crippen molar-refractivity contribution in [2.24, 2.45) is 23.7 Å². The molecular weight excluding hydrogens is 825 g/mol. The fraction of sp³-hybridized carbons (Fsp3) is 0.500. The van der Waals surface area contributed by atoms with Gasteiger partial charge in [-0.1, -0.05) is 163 Å². The van der Waals surface area contributed by atoms with E-state index in [0.29, 0.717) is 17.8 Å². The van der Waals surface area contributed by atoms with Crippen LogP contribution in [-0.4, -0.2) is 86.5 Å². The summed E-state index contributed by atoms with van der Waals surface area (Å²) in [5.41, 5.74) is 0. The highest BCUT2D eigenvalue weighted by molar-refractivity contribution is 8.18. The maximum atomic E-state index is 9.15. The van der Waals surface area contributed by atoms with E-state index in [2.05, 4.69) is 188 Å². The molecule has 4 aromatic rings. The smallest absolute Gasteiger partial charge is 0.261 e. The summed E-state index contributed by atoms with van der Waals surface area (Å²) in [7, 11) is -5.29. The van der Waals surface area contributed by atoms with E-state index in [1.165, 1.54) is 20.7 Å². The largest absolute Gasteiger partial charge is 0.407 e. The summed E-state index contributed by atoms with van der Waals surface area (Å²) in [4.78, 5) is 0. The lowest BCUT2D eigenvalue weighted by Gasteiger charge is -2.56. The Balaban J connectivity index is 0.000000458. The van der Waals surface area contributed by atoms with Crippen molar-refractivity contribution in [3.63, 3.8) is 0 Å². The molecule has 10 heteroatoms. The summed E-state index contributed by atoms with van der Waals surface area (Å²) in [6.45, 7) is 16.1. The summed E-state index contributed by atoms with van der Waals surface area (Å²) in [5, 5.41) is 23.4. The number of hydrogen-bond acceptors (Lipinski definition) is 8. The molecule has 0 aromatic heterocycles. The Morgan fingerprint density at radius 1 is 0.483 bits per heavy atom. The van der Waals surface area contributed by atoms with Crippen molar-refractivity contribution < 1.29 is 19.1 Å². The van der Waals surface area contributed by atoms with E-state index in [4.69, 9.17) is 19.1 Å². The summed E-state index contributed by atoms with van der Waals surface area (Å²) in [6, 6.07) is 44.2. The Bertz CT molecular complexity index is 1740. The Morgan fingerprint density at radius 3 is 1.09 bits per heavy atom. The lowest BCUT2D eigenvalue weighted by molar-refractivity contribution is 0.0416. The quantitative estimate of drug-likeness (QED) is 0.0854. The highest BCUT2D eigenvalue weighted by Crippen LogP contribution is 2.59. The molecule has 0 unspecified atom stereocenters. The second kappa shape index (κ2) is 20.2. The van der Waals surface area contributed by atoms with Gasteiger partial charge in [0, 0.05) is 38.3 Å². The molecule has 0 aliphatic heterocycles. The molecular formula is C48H68O4S4Si2. The molecule has 0 spiro atoms. The zero-order valence-corrected chi connectivity index (χ0v) is 41.7. The van der Waals surface area contributed by atoms with Crippen molar-refractivity contribution in [1.29, 1.82) is 0 Å². The fourth-order valence-electron chi connectivity index (χ4n) is 9.71. The molecule has 4 atom stereocenters. The Morgan fingerprint density at radius 2 is 0.793 bits per heavy atom. The van der Waals surface area contributed by atoms with E-state index < -0.39 is 16.6 Å². The maximum absolute atomic E-state index is 9.15. The molecule has 6 rings (SSSR count). The van der Waals surface area contributed by atoms with Crippen molar-refractivity contribution >= 4 is 84.4 Å². The number of rotatable bonds is 16. The molecule has 4 aromatic carbocycles. The second-order valence-electron chi connectivity index (χ2n) is 17.9. The zero-order valence-electron chi connectivity index (χ0n) is 36.4. The van der Waals surface area contributed by atoms with Gasteiger partial charge in [-0.3, -0.25) is 0 Å². The third-order valence-corrected chi connectivity index (χ3v) is 29.7. The number of aliphatic hydroxyl groups is 2. The SMILES string of the molecule is CSC1(SC)C[C@H](CO)[C@H]1CO.CSC1(SC)C[C@H](CO[Si](c2ccccc2)(c2ccccc2)C(C)(C)C)[C@H]1CO[Si](c1ccccc1)(c1ccccc1)C(C)(C)C. The van der Waals surface area contributed by atoms with Gasteiger partial charge in [0.25, 0.3) is 16.6 Å². The highest BCUT2D eigenvalue weighted by Gasteiger charge is 2.58. The van der Waals surface area contributed by atoms with Gasteiger partial charge < -0.3 is 19.1 Å². The summed E-state index contributed by atoms with van der Waals surface area (Å²) >= 11 is 7.62. The van der Waals surface area contributed by atoms with Crippen molar-refractivity contribution in [3.8, 4) is 0 Å². The van der Waals surface area contributed by atoms with E-state index in [9.17, 15) is 0 Å². The molecule has 316 valence electrons. The van der Waals surface area contributed by atoms with Gasteiger partial charge in [-0.05, 0) is 80.5 Å². The minimum Gasteiger partial charge on any atom is -0.407 e. The van der Waals surface area contributed by atoms with Gasteiger partial charge in [0.05, 0.1) is 8.16 Å². The van der Waals surface area contributed by atoms with Gasteiger partial charge in [0.1, 0.15) is 0 Å². The van der Waals surface area contributed by atoms with Gasteiger partial charge in [0.15, 0.2) is 0 Å². The third kappa shape index (κ3) is 9.18. The monoisotopic (exact) mass is 892 g/mol. The molecule has 0 saturated heterocycles. The first-order valence-electron chi connectivity index (χ1n) is 20.6. The van der Waals surface area contributed by atoms with Crippen LogP contribution in [0.2, 0.25) is 10.1 Å². The van der Waals surface area contributed by atoms with Crippen LogP contribution in [0.1, 0.15) is 54.4 Å². The van der Waals surface area contributed by atoms with Crippen LogP contribution in [0.15, 0.2) is 121 Å². The molecule has 2 N–H and O–H groups in total. The first kappa shape index (κ1) is 47.6. The number of hydrogen-bond donors (Lipinski definition) is 2.